The normalized spacial score (nSPS) is 10.1. The Morgan fingerprint density at radius 3 is 1.41 bits per heavy atom. The molecule has 0 fully saturated rings. The van der Waals surface area contributed by atoms with Crippen LogP contribution in [0.4, 0.5) is 5.69 Å². The molecule has 0 aliphatic heterocycles. The number of aliphatic imine (C=N–C) groups is 1. The highest BCUT2D eigenvalue weighted by molar-refractivity contribution is 5.87. The summed E-state index contributed by atoms with van der Waals surface area (Å²) in [6.45, 7) is 14.6. The molecule has 0 atom stereocenters. The average molecular weight is 539 g/mol. The van der Waals surface area contributed by atoms with Crippen molar-refractivity contribution < 1.29 is 14.7 Å². The number of hydrogen-bond donors (Lipinski definition) is 1. The van der Waals surface area contributed by atoms with E-state index in [1.165, 1.54) is 95.0 Å². The van der Waals surface area contributed by atoms with Crippen LogP contribution in [0.25, 0.3) is 0 Å². The van der Waals surface area contributed by atoms with Gasteiger partial charge in [-0.3, -0.25) is 0 Å². The fourth-order valence-corrected chi connectivity index (χ4v) is 4.14. The zero-order chi connectivity index (χ0) is 29.1. The van der Waals surface area contributed by atoms with E-state index in [0.717, 1.165) is 12.8 Å². The third-order valence-electron chi connectivity index (χ3n) is 6.79. The molecular formula is C34H54N2O3. The number of aromatic carboxylic acids is 1. The zero-order valence-corrected chi connectivity index (χ0v) is 25.4. The highest BCUT2D eigenvalue weighted by Crippen LogP contribution is 2.15. The van der Waals surface area contributed by atoms with Gasteiger partial charge in [-0.1, -0.05) is 110 Å². The first-order valence-electron chi connectivity index (χ1n) is 15.2. The first-order chi connectivity index (χ1) is 18.9. The molecule has 2 aromatic carbocycles. The van der Waals surface area contributed by atoms with Crippen molar-refractivity contribution in [3.05, 3.63) is 65.2 Å². The first-order valence-corrected chi connectivity index (χ1v) is 15.2. The molecule has 0 heterocycles. The molecule has 0 aliphatic rings. The quantitative estimate of drug-likeness (QED) is 0.124. The lowest BCUT2D eigenvalue weighted by Crippen LogP contribution is -2.21. The third-order valence-corrected chi connectivity index (χ3v) is 6.79. The zero-order valence-electron chi connectivity index (χ0n) is 25.4. The highest BCUT2D eigenvalue weighted by Gasteiger charge is 2.01. The van der Waals surface area contributed by atoms with Crippen molar-refractivity contribution >= 4 is 17.7 Å². The van der Waals surface area contributed by atoms with E-state index in [0.29, 0.717) is 11.3 Å². The molecule has 0 radical (unpaired) electrons. The van der Waals surface area contributed by atoms with Crippen LogP contribution in [0.3, 0.4) is 0 Å². The standard InChI is InChI=1S/C14H19NO.C14H20O2.C6H15N/c1-2-3-4-5-6-7-13-8-10-14(11-9-13)15-12-16;1-2-3-4-5-6-7-12-8-10-13(11-9-12)14(15)16;1-4-7(5-2)6-3/h8-11H,2-7H2,1H3;8-11H,2-7H2,1H3,(H,15,16);4-6H2,1-3H3. The van der Waals surface area contributed by atoms with Crippen LogP contribution in [0, 0.1) is 0 Å². The van der Waals surface area contributed by atoms with E-state index in [1.807, 2.05) is 36.4 Å². The molecule has 0 aromatic heterocycles. The molecular weight excluding hydrogens is 484 g/mol. The predicted octanol–water partition coefficient (Wildman–Crippen LogP) is 9.41. The molecule has 0 saturated carbocycles. The number of carbonyl (C=O) groups is 1. The van der Waals surface area contributed by atoms with Gasteiger partial charge in [0.05, 0.1) is 11.3 Å². The molecule has 2 aromatic rings. The van der Waals surface area contributed by atoms with Crippen LogP contribution >= 0.6 is 0 Å². The lowest BCUT2D eigenvalue weighted by molar-refractivity contribution is 0.0697. The molecule has 5 heteroatoms. The summed E-state index contributed by atoms with van der Waals surface area (Å²) in [5, 5.41) is 8.75. The van der Waals surface area contributed by atoms with Crippen LogP contribution in [-0.2, 0) is 17.6 Å². The monoisotopic (exact) mass is 538 g/mol. The van der Waals surface area contributed by atoms with Gasteiger partial charge in [0.15, 0.2) is 0 Å². The summed E-state index contributed by atoms with van der Waals surface area (Å²) < 4.78 is 0. The molecule has 0 aliphatic carbocycles. The number of carboxylic acids is 1. The fourth-order valence-electron chi connectivity index (χ4n) is 4.14. The van der Waals surface area contributed by atoms with Crippen molar-refractivity contribution in [2.24, 2.45) is 4.99 Å². The van der Waals surface area contributed by atoms with Gasteiger partial charge in [0.25, 0.3) is 0 Å². The summed E-state index contributed by atoms with van der Waals surface area (Å²) in [5.74, 6) is -0.852. The van der Waals surface area contributed by atoms with Crippen molar-refractivity contribution in [2.75, 3.05) is 19.6 Å². The molecule has 0 unspecified atom stereocenters. The Balaban J connectivity index is 0.000000600. The number of benzene rings is 2. The minimum Gasteiger partial charge on any atom is -0.478 e. The Kier molecular flexibility index (Phi) is 23.7. The lowest BCUT2D eigenvalue weighted by Gasteiger charge is -2.13. The minimum atomic E-state index is -0.852. The molecule has 0 bridgehead atoms. The maximum absolute atomic E-state index is 10.6. The van der Waals surface area contributed by atoms with Gasteiger partial charge in [0.2, 0.25) is 6.08 Å². The smallest absolute Gasteiger partial charge is 0.335 e. The number of carbonyl (C=O) groups excluding carboxylic acids is 1. The van der Waals surface area contributed by atoms with Crippen LogP contribution in [0.1, 0.15) is 120 Å². The largest absolute Gasteiger partial charge is 0.478 e. The van der Waals surface area contributed by atoms with E-state index in [1.54, 1.807) is 18.2 Å². The Morgan fingerprint density at radius 2 is 1.08 bits per heavy atom. The number of isocyanates is 1. The molecule has 2 rings (SSSR count). The molecule has 0 spiro atoms. The van der Waals surface area contributed by atoms with Gasteiger partial charge >= 0.3 is 5.97 Å². The number of rotatable bonds is 17. The Hall–Kier alpha value is -2.75. The second kappa shape index (κ2) is 25.5. The number of aryl methyl sites for hydroxylation is 2. The van der Waals surface area contributed by atoms with Crippen LogP contribution in [-0.4, -0.2) is 41.7 Å². The lowest BCUT2D eigenvalue weighted by atomic mass is 10.0. The molecule has 218 valence electrons. The summed E-state index contributed by atoms with van der Waals surface area (Å²) in [6, 6.07) is 15.0. The van der Waals surface area contributed by atoms with E-state index in [9.17, 15) is 9.59 Å². The van der Waals surface area contributed by atoms with Crippen molar-refractivity contribution in [2.45, 2.75) is 112 Å². The van der Waals surface area contributed by atoms with Gasteiger partial charge in [-0.25, -0.2) is 9.59 Å². The first kappa shape index (κ1) is 36.2. The van der Waals surface area contributed by atoms with E-state index < -0.39 is 5.97 Å². The third kappa shape index (κ3) is 19.9. The highest BCUT2D eigenvalue weighted by atomic mass is 16.4. The van der Waals surface area contributed by atoms with Gasteiger partial charge in [-0.05, 0) is 80.7 Å². The molecule has 5 nitrogen and oxygen atoms in total. The molecule has 0 amide bonds. The number of hydrogen-bond acceptors (Lipinski definition) is 4. The fraction of sp³-hybridized carbons (Fsp3) is 0.588. The maximum atomic E-state index is 10.6. The van der Waals surface area contributed by atoms with Gasteiger partial charge in [0.1, 0.15) is 0 Å². The van der Waals surface area contributed by atoms with Crippen LogP contribution < -0.4 is 0 Å². The van der Waals surface area contributed by atoms with Gasteiger partial charge in [-0.15, -0.1) is 0 Å². The van der Waals surface area contributed by atoms with Crippen molar-refractivity contribution in [1.29, 1.82) is 0 Å². The van der Waals surface area contributed by atoms with Gasteiger partial charge in [0, 0.05) is 0 Å². The van der Waals surface area contributed by atoms with Crippen LogP contribution in [0.2, 0.25) is 0 Å². The van der Waals surface area contributed by atoms with Crippen LogP contribution in [0.5, 0.6) is 0 Å². The summed E-state index contributed by atoms with van der Waals surface area (Å²) >= 11 is 0. The van der Waals surface area contributed by atoms with Crippen molar-refractivity contribution in [3.63, 3.8) is 0 Å². The van der Waals surface area contributed by atoms with Gasteiger partial charge in [-0.2, -0.15) is 4.99 Å². The predicted molar refractivity (Wildman–Crippen MR) is 166 cm³/mol. The average Bonchev–Trinajstić information content (AvgIpc) is 2.96. The van der Waals surface area contributed by atoms with Crippen LogP contribution in [0.15, 0.2) is 53.5 Å². The Labute approximate surface area is 238 Å². The Morgan fingerprint density at radius 1 is 0.667 bits per heavy atom. The maximum Gasteiger partial charge on any atom is 0.335 e. The number of nitrogens with zero attached hydrogens (tertiary/aromatic N) is 2. The second-order valence-electron chi connectivity index (χ2n) is 9.82. The number of unbranched alkanes of at least 4 members (excludes halogenated alkanes) is 8. The minimum absolute atomic E-state index is 0.370. The summed E-state index contributed by atoms with van der Waals surface area (Å²) in [5.41, 5.74) is 3.61. The van der Waals surface area contributed by atoms with Crippen molar-refractivity contribution in [1.82, 2.24) is 4.90 Å². The topological polar surface area (TPSA) is 70.0 Å². The van der Waals surface area contributed by atoms with Gasteiger partial charge < -0.3 is 10.0 Å². The van der Waals surface area contributed by atoms with E-state index >= 15 is 0 Å². The second-order valence-corrected chi connectivity index (χ2v) is 9.82. The number of carboxylic acid groups (broad SMARTS) is 1. The van der Waals surface area contributed by atoms with E-state index in [2.05, 4.69) is 44.5 Å². The summed E-state index contributed by atoms with van der Waals surface area (Å²) in [6.07, 6.45) is 16.6. The van der Waals surface area contributed by atoms with Crippen molar-refractivity contribution in [3.8, 4) is 0 Å². The Bertz CT molecular complexity index is 823. The summed E-state index contributed by atoms with van der Waals surface area (Å²) in [7, 11) is 0. The molecule has 0 saturated heterocycles. The summed E-state index contributed by atoms with van der Waals surface area (Å²) in [4.78, 5) is 26.6. The SMILES string of the molecule is CCCCCCCc1ccc(C(=O)O)cc1.CCCCCCCc1ccc(N=C=O)cc1.CCN(CC)CC. The molecule has 39 heavy (non-hydrogen) atoms. The van der Waals surface area contributed by atoms with E-state index in [-0.39, 0.29) is 0 Å². The molecule has 1 N–H and O–H groups in total. The van der Waals surface area contributed by atoms with E-state index in [4.69, 9.17) is 5.11 Å².